The van der Waals surface area contributed by atoms with Gasteiger partial charge in [-0.05, 0) is 6.92 Å². The molecule has 9 heavy (non-hydrogen) atoms. The van der Waals surface area contributed by atoms with E-state index in [1.807, 2.05) is 0 Å². The van der Waals surface area contributed by atoms with E-state index in [1.54, 1.807) is 6.92 Å². The van der Waals surface area contributed by atoms with Gasteiger partial charge in [-0.3, -0.25) is 4.57 Å². The van der Waals surface area contributed by atoms with Gasteiger partial charge in [-0.1, -0.05) is 0 Å². The summed E-state index contributed by atoms with van der Waals surface area (Å²) in [4.78, 5) is 8.22. The Balaban J connectivity index is 3.26. The molecule has 4 nitrogen and oxygen atoms in total. The zero-order valence-corrected chi connectivity index (χ0v) is 6.46. The van der Waals surface area contributed by atoms with Crippen LogP contribution in [0.1, 0.15) is 6.92 Å². The predicted octanol–water partition coefficient (Wildman–Crippen LogP) is 0.420. The van der Waals surface area contributed by atoms with Crippen molar-refractivity contribution in [2.75, 3.05) is 13.7 Å². The van der Waals surface area contributed by atoms with E-state index in [9.17, 15) is 4.57 Å². The Hall–Kier alpha value is 0.110. The molecule has 0 fully saturated rings. The monoisotopic (exact) mass is 154 g/mol. The van der Waals surface area contributed by atoms with Crippen LogP contribution in [0, 0.1) is 0 Å². The average molecular weight is 154 g/mol. The van der Waals surface area contributed by atoms with Crippen molar-refractivity contribution in [2.45, 2.75) is 13.0 Å². The fourth-order valence-electron chi connectivity index (χ4n) is 0.441. The SMILES string of the molecule is COCC(C)O[PH](=O)O. The normalized spacial score (nSPS) is 17.2. The molecule has 0 aliphatic rings. The molecule has 1 N–H and O–H groups in total. The van der Waals surface area contributed by atoms with Crippen LogP contribution < -0.4 is 0 Å². The van der Waals surface area contributed by atoms with E-state index < -0.39 is 8.25 Å². The highest BCUT2D eigenvalue weighted by Crippen LogP contribution is 2.17. The second kappa shape index (κ2) is 4.94. The Morgan fingerprint density at radius 2 is 2.33 bits per heavy atom. The lowest BCUT2D eigenvalue weighted by molar-refractivity contribution is 0.0892. The van der Waals surface area contributed by atoms with Crippen molar-refractivity contribution in [3.05, 3.63) is 0 Å². The molecule has 0 amide bonds. The highest BCUT2D eigenvalue weighted by molar-refractivity contribution is 7.32. The Labute approximate surface area is 54.7 Å². The summed E-state index contributed by atoms with van der Waals surface area (Å²) in [7, 11) is -1.28. The maximum atomic E-state index is 9.99. The predicted molar refractivity (Wildman–Crippen MR) is 33.6 cm³/mol. The maximum absolute atomic E-state index is 9.99. The summed E-state index contributed by atoms with van der Waals surface area (Å²) in [5, 5.41) is 0. The van der Waals surface area contributed by atoms with Gasteiger partial charge in [0.05, 0.1) is 12.7 Å². The minimum atomic E-state index is -2.79. The quantitative estimate of drug-likeness (QED) is 0.596. The summed E-state index contributed by atoms with van der Waals surface area (Å²) in [6, 6.07) is 0. The molecule has 56 valence electrons. The highest BCUT2D eigenvalue weighted by atomic mass is 31.1. The molecular formula is C4H11O4P. The highest BCUT2D eigenvalue weighted by Gasteiger charge is 2.02. The summed E-state index contributed by atoms with van der Waals surface area (Å²) >= 11 is 0. The maximum Gasteiger partial charge on any atom is 0.316 e. The molecule has 0 aromatic heterocycles. The van der Waals surface area contributed by atoms with Crippen LogP contribution in [0.5, 0.6) is 0 Å². The number of ether oxygens (including phenoxy) is 1. The molecule has 0 aliphatic carbocycles. The van der Waals surface area contributed by atoms with Crippen molar-refractivity contribution in [1.82, 2.24) is 0 Å². The van der Waals surface area contributed by atoms with Crippen LogP contribution in [-0.2, 0) is 13.8 Å². The van der Waals surface area contributed by atoms with E-state index in [4.69, 9.17) is 4.89 Å². The molecule has 0 bridgehead atoms. The van der Waals surface area contributed by atoms with E-state index in [1.165, 1.54) is 7.11 Å². The van der Waals surface area contributed by atoms with E-state index >= 15 is 0 Å². The number of rotatable bonds is 4. The lowest BCUT2D eigenvalue weighted by Crippen LogP contribution is -2.10. The van der Waals surface area contributed by atoms with Gasteiger partial charge in [0.2, 0.25) is 0 Å². The van der Waals surface area contributed by atoms with Crippen molar-refractivity contribution in [3.8, 4) is 0 Å². The van der Waals surface area contributed by atoms with Gasteiger partial charge in [0.1, 0.15) is 0 Å². The van der Waals surface area contributed by atoms with Crippen LogP contribution in [0.25, 0.3) is 0 Å². The minimum absolute atomic E-state index is 0.300. The van der Waals surface area contributed by atoms with Crippen LogP contribution in [-0.4, -0.2) is 24.7 Å². The fourth-order valence-corrected chi connectivity index (χ4v) is 0.853. The first-order chi connectivity index (χ1) is 4.16. The number of methoxy groups -OCH3 is 1. The molecule has 0 radical (unpaired) electrons. The van der Waals surface area contributed by atoms with Crippen LogP contribution in [0.4, 0.5) is 0 Å². The van der Waals surface area contributed by atoms with Crippen molar-refractivity contribution < 1.29 is 18.7 Å². The summed E-state index contributed by atoms with van der Waals surface area (Å²) in [6.07, 6.45) is -0.300. The van der Waals surface area contributed by atoms with Crippen LogP contribution in [0.3, 0.4) is 0 Å². The van der Waals surface area contributed by atoms with E-state index in [0.717, 1.165) is 0 Å². The first-order valence-electron chi connectivity index (χ1n) is 2.55. The standard InChI is InChI=1S/C4H11O4P/c1-4(3-7-2)8-9(5)6/h4,9H,3H2,1-2H3,(H,5,6). The van der Waals surface area contributed by atoms with E-state index in [0.29, 0.717) is 6.61 Å². The van der Waals surface area contributed by atoms with Gasteiger partial charge < -0.3 is 14.2 Å². The molecule has 0 saturated heterocycles. The Bertz CT molecular complexity index is 94.6. The van der Waals surface area contributed by atoms with E-state index in [2.05, 4.69) is 9.26 Å². The van der Waals surface area contributed by atoms with Crippen molar-refractivity contribution in [3.63, 3.8) is 0 Å². The van der Waals surface area contributed by atoms with Gasteiger partial charge in [0, 0.05) is 7.11 Å². The van der Waals surface area contributed by atoms with Crippen LogP contribution in [0.15, 0.2) is 0 Å². The third kappa shape index (κ3) is 5.99. The summed E-state index contributed by atoms with van der Waals surface area (Å²) in [5.41, 5.74) is 0. The van der Waals surface area contributed by atoms with Crippen LogP contribution in [0.2, 0.25) is 0 Å². The first-order valence-corrected chi connectivity index (χ1v) is 3.81. The average Bonchev–Trinajstić information content (AvgIpc) is 1.63. The lowest BCUT2D eigenvalue weighted by atomic mass is 10.5. The Kier molecular flexibility index (Phi) is 5.00. The second-order valence-corrected chi connectivity index (χ2v) is 2.42. The molecule has 0 spiro atoms. The van der Waals surface area contributed by atoms with Gasteiger partial charge in [-0.25, -0.2) is 0 Å². The number of hydrogen-bond acceptors (Lipinski definition) is 3. The molecule has 5 heteroatoms. The molecular weight excluding hydrogens is 143 g/mol. The molecule has 0 heterocycles. The van der Waals surface area contributed by atoms with Crippen LogP contribution >= 0.6 is 8.25 Å². The van der Waals surface area contributed by atoms with Gasteiger partial charge in [0.15, 0.2) is 0 Å². The van der Waals surface area contributed by atoms with Crippen molar-refractivity contribution in [1.29, 1.82) is 0 Å². The number of hydrogen-bond donors (Lipinski definition) is 1. The van der Waals surface area contributed by atoms with Gasteiger partial charge in [-0.2, -0.15) is 0 Å². The lowest BCUT2D eigenvalue weighted by Gasteiger charge is -2.07. The molecule has 0 rings (SSSR count). The summed E-state index contributed by atoms with van der Waals surface area (Å²) in [5.74, 6) is 0. The summed E-state index contributed by atoms with van der Waals surface area (Å²) < 4.78 is 19.1. The molecule has 0 aliphatic heterocycles. The van der Waals surface area contributed by atoms with Gasteiger partial charge >= 0.3 is 8.25 Å². The Morgan fingerprint density at radius 1 is 1.78 bits per heavy atom. The van der Waals surface area contributed by atoms with E-state index in [-0.39, 0.29) is 6.10 Å². The third-order valence-electron chi connectivity index (χ3n) is 0.703. The Morgan fingerprint density at radius 3 is 2.67 bits per heavy atom. The van der Waals surface area contributed by atoms with Crippen molar-refractivity contribution in [2.24, 2.45) is 0 Å². The largest absolute Gasteiger partial charge is 0.382 e. The minimum Gasteiger partial charge on any atom is -0.382 e. The zero-order chi connectivity index (χ0) is 7.28. The molecule has 0 aromatic rings. The van der Waals surface area contributed by atoms with Gasteiger partial charge in [-0.15, -0.1) is 0 Å². The molecule has 0 saturated carbocycles. The zero-order valence-electron chi connectivity index (χ0n) is 5.46. The topological polar surface area (TPSA) is 55.8 Å². The van der Waals surface area contributed by atoms with Gasteiger partial charge in [0.25, 0.3) is 0 Å². The fraction of sp³-hybridized carbons (Fsp3) is 1.00. The van der Waals surface area contributed by atoms with Crippen molar-refractivity contribution >= 4 is 8.25 Å². The summed E-state index contributed by atoms with van der Waals surface area (Å²) in [6.45, 7) is 2.01. The smallest absolute Gasteiger partial charge is 0.316 e. The second-order valence-electron chi connectivity index (χ2n) is 1.65. The first kappa shape index (κ1) is 9.11. The molecule has 0 aromatic carbocycles. The third-order valence-corrected chi connectivity index (χ3v) is 1.31. The molecule has 2 unspecified atom stereocenters. The molecule has 2 atom stereocenters.